The fourth-order valence-corrected chi connectivity index (χ4v) is 4.35. The number of hydrogen-bond acceptors (Lipinski definition) is 7. The molecule has 1 aliphatic heterocycles. The highest BCUT2D eigenvalue weighted by Gasteiger charge is 2.31. The summed E-state index contributed by atoms with van der Waals surface area (Å²) in [6.07, 6.45) is 1.70. The molecule has 0 radical (unpaired) electrons. The molecule has 34 heavy (non-hydrogen) atoms. The van der Waals surface area contributed by atoms with E-state index in [2.05, 4.69) is 31.4 Å². The van der Waals surface area contributed by atoms with Crippen LogP contribution in [0.25, 0.3) is 0 Å². The quantitative estimate of drug-likeness (QED) is 0.421. The molecule has 1 unspecified atom stereocenters. The Bertz CT molecular complexity index is 1240. The summed E-state index contributed by atoms with van der Waals surface area (Å²) in [5.41, 5.74) is 2.54. The number of nitrogens with zero attached hydrogens (tertiary/aromatic N) is 7. The second-order valence-corrected chi connectivity index (χ2v) is 8.35. The van der Waals surface area contributed by atoms with Crippen LogP contribution in [0.3, 0.4) is 0 Å². The first-order valence-corrected chi connectivity index (χ1v) is 11.2. The molecule has 2 aromatic carbocycles. The topological polar surface area (TPSA) is 87.0 Å². The molecule has 2 aromatic heterocycles. The standard InChI is InChI=1S/C25H24FN7O/c26-22-9-5-20(6-10-22)17-33-25(28-29-30-33)24(21-7-3-19(16-27)4-8-21)32-13-11-31(12-14-32)18-23-2-1-15-34-23/h1-10,15,24H,11-14,17-18H2. The van der Waals surface area contributed by atoms with Crippen LogP contribution in [-0.4, -0.2) is 56.2 Å². The molecule has 1 fully saturated rings. The van der Waals surface area contributed by atoms with Gasteiger partial charge in [0.1, 0.15) is 11.6 Å². The van der Waals surface area contributed by atoms with Crippen molar-refractivity contribution in [2.75, 3.05) is 26.2 Å². The molecular formula is C25H24FN7O. The van der Waals surface area contributed by atoms with E-state index in [1.807, 2.05) is 36.4 Å². The number of rotatable bonds is 7. The second-order valence-electron chi connectivity index (χ2n) is 8.35. The minimum absolute atomic E-state index is 0.172. The average Bonchev–Trinajstić information content (AvgIpc) is 3.55. The van der Waals surface area contributed by atoms with Gasteiger partial charge in [0.25, 0.3) is 0 Å². The van der Waals surface area contributed by atoms with Crippen molar-refractivity contribution in [2.45, 2.75) is 19.1 Å². The van der Waals surface area contributed by atoms with E-state index < -0.39 is 0 Å². The third-order valence-corrected chi connectivity index (χ3v) is 6.14. The fourth-order valence-electron chi connectivity index (χ4n) is 4.35. The molecule has 5 rings (SSSR count). The monoisotopic (exact) mass is 457 g/mol. The van der Waals surface area contributed by atoms with E-state index in [0.717, 1.165) is 49.6 Å². The highest BCUT2D eigenvalue weighted by atomic mass is 19.1. The molecule has 1 atom stereocenters. The Morgan fingerprint density at radius 2 is 1.74 bits per heavy atom. The Morgan fingerprint density at radius 1 is 0.971 bits per heavy atom. The zero-order chi connectivity index (χ0) is 23.3. The first-order valence-electron chi connectivity index (χ1n) is 11.2. The SMILES string of the molecule is N#Cc1ccc(C(c2nnnn2Cc2ccc(F)cc2)N2CCN(Cc3ccco3)CC2)cc1. The molecule has 8 nitrogen and oxygen atoms in total. The predicted octanol–water partition coefficient (Wildman–Crippen LogP) is 3.23. The number of aromatic nitrogens is 4. The molecule has 0 bridgehead atoms. The molecule has 4 aromatic rings. The van der Waals surface area contributed by atoms with Crippen molar-refractivity contribution in [1.29, 1.82) is 5.26 Å². The normalized spacial score (nSPS) is 15.8. The molecule has 0 spiro atoms. The van der Waals surface area contributed by atoms with Gasteiger partial charge in [-0.2, -0.15) is 5.26 Å². The maximum Gasteiger partial charge on any atom is 0.173 e. The van der Waals surface area contributed by atoms with Gasteiger partial charge in [0.15, 0.2) is 5.82 Å². The Balaban J connectivity index is 1.40. The van der Waals surface area contributed by atoms with Crippen molar-refractivity contribution >= 4 is 0 Å². The number of furan rings is 1. The molecule has 1 aliphatic rings. The molecule has 0 saturated carbocycles. The molecule has 172 valence electrons. The van der Waals surface area contributed by atoms with E-state index in [4.69, 9.17) is 4.42 Å². The van der Waals surface area contributed by atoms with E-state index in [1.54, 1.807) is 23.1 Å². The molecule has 1 saturated heterocycles. The lowest BCUT2D eigenvalue weighted by molar-refractivity contribution is 0.0956. The minimum atomic E-state index is -0.274. The van der Waals surface area contributed by atoms with Crippen molar-refractivity contribution < 1.29 is 8.81 Å². The summed E-state index contributed by atoms with van der Waals surface area (Å²) in [4.78, 5) is 4.74. The summed E-state index contributed by atoms with van der Waals surface area (Å²) >= 11 is 0. The summed E-state index contributed by atoms with van der Waals surface area (Å²) in [7, 11) is 0. The van der Waals surface area contributed by atoms with Crippen LogP contribution in [0.4, 0.5) is 4.39 Å². The lowest BCUT2D eigenvalue weighted by Crippen LogP contribution is -2.47. The summed E-state index contributed by atoms with van der Waals surface area (Å²) in [6, 6.07) is 19.9. The van der Waals surface area contributed by atoms with Gasteiger partial charge >= 0.3 is 0 Å². The van der Waals surface area contributed by atoms with E-state index >= 15 is 0 Å². The fraction of sp³-hybridized carbons (Fsp3) is 0.280. The zero-order valence-electron chi connectivity index (χ0n) is 18.6. The smallest absolute Gasteiger partial charge is 0.173 e. The summed E-state index contributed by atoms with van der Waals surface area (Å²) in [5.74, 6) is 1.40. The third-order valence-electron chi connectivity index (χ3n) is 6.14. The van der Waals surface area contributed by atoms with Crippen LogP contribution in [0.2, 0.25) is 0 Å². The predicted molar refractivity (Wildman–Crippen MR) is 122 cm³/mol. The molecule has 9 heteroatoms. The van der Waals surface area contributed by atoms with Gasteiger partial charge in [-0.3, -0.25) is 9.80 Å². The number of benzene rings is 2. The number of hydrogen-bond donors (Lipinski definition) is 0. The molecule has 3 heterocycles. The van der Waals surface area contributed by atoms with Gasteiger partial charge in [0.05, 0.1) is 37.0 Å². The number of piperazine rings is 1. The molecule has 0 N–H and O–H groups in total. The highest BCUT2D eigenvalue weighted by molar-refractivity contribution is 5.35. The Hall–Kier alpha value is -3.87. The van der Waals surface area contributed by atoms with Crippen LogP contribution >= 0.6 is 0 Å². The van der Waals surface area contributed by atoms with Crippen molar-refractivity contribution in [2.24, 2.45) is 0 Å². The Labute approximate surface area is 196 Å². The first kappa shape index (κ1) is 21.9. The van der Waals surface area contributed by atoms with Crippen LogP contribution < -0.4 is 0 Å². The lowest BCUT2D eigenvalue weighted by Gasteiger charge is -2.38. The molecule has 0 aliphatic carbocycles. The van der Waals surface area contributed by atoms with Gasteiger partial charge in [-0.25, -0.2) is 9.07 Å². The van der Waals surface area contributed by atoms with Crippen LogP contribution in [0, 0.1) is 17.1 Å². The van der Waals surface area contributed by atoms with E-state index in [1.165, 1.54) is 12.1 Å². The number of nitriles is 1. The van der Waals surface area contributed by atoms with Crippen LogP contribution in [0.5, 0.6) is 0 Å². The van der Waals surface area contributed by atoms with Gasteiger partial charge in [-0.1, -0.05) is 24.3 Å². The Kier molecular flexibility index (Phi) is 6.42. The molecule has 0 amide bonds. The van der Waals surface area contributed by atoms with E-state index in [-0.39, 0.29) is 11.9 Å². The van der Waals surface area contributed by atoms with E-state index in [0.29, 0.717) is 17.9 Å². The van der Waals surface area contributed by atoms with Crippen LogP contribution in [0.15, 0.2) is 71.3 Å². The van der Waals surface area contributed by atoms with Crippen molar-refractivity contribution in [3.05, 3.63) is 101 Å². The third kappa shape index (κ3) is 4.88. The number of halogens is 1. The summed E-state index contributed by atoms with van der Waals surface area (Å²) < 4.78 is 20.6. The van der Waals surface area contributed by atoms with Crippen LogP contribution in [0.1, 0.15) is 34.3 Å². The van der Waals surface area contributed by atoms with Crippen LogP contribution in [-0.2, 0) is 13.1 Å². The largest absolute Gasteiger partial charge is 0.468 e. The number of tetrazole rings is 1. The summed E-state index contributed by atoms with van der Waals surface area (Å²) in [6.45, 7) is 4.64. The summed E-state index contributed by atoms with van der Waals surface area (Å²) in [5, 5.41) is 21.8. The van der Waals surface area contributed by atoms with Crippen molar-refractivity contribution in [1.82, 2.24) is 30.0 Å². The first-order chi connectivity index (χ1) is 16.7. The van der Waals surface area contributed by atoms with Gasteiger partial charge in [-0.05, 0) is 58.0 Å². The van der Waals surface area contributed by atoms with Gasteiger partial charge in [0, 0.05) is 26.2 Å². The van der Waals surface area contributed by atoms with Gasteiger partial charge in [-0.15, -0.1) is 5.10 Å². The molecular weight excluding hydrogens is 433 g/mol. The van der Waals surface area contributed by atoms with Crippen molar-refractivity contribution in [3.8, 4) is 6.07 Å². The highest BCUT2D eigenvalue weighted by Crippen LogP contribution is 2.29. The zero-order valence-corrected chi connectivity index (χ0v) is 18.6. The minimum Gasteiger partial charge on any atom is -0.468 e. The Morgan fingerprint density at radius 3 is 2.41 bits per heavy atom. The maximum atomic E-state index is 13.4. The van der Waals surface area contributed by atoms with E-state index in [9.17, 15) is 9.65 Å². The second kappa shape index (κ2) is 9.95. The van der Waals surface area contributed by atoms with Crippen molar-refractivity contribution in [3.63, 3.8) is 0 Å². The van der Waals surface area contributed by atoms with Gasteiger partial charge < -0.3 is 4.42 Å². The van der Waals surface area contributed by atoms with Gasteiger partial charge in [0.2, 0.25) is 0 Å². The maximum absolute atomic E-state index is 13.4. The lowest BCUT2D eigenvalue weighted by atomic mass is 10.0. The average molecular weight is 458 g/mol.